The van der Waals surface area contributed by atoms with Crippen LogP contribution >= 0.6 is 11.3 Å². The first kappa shape index (κ1) is 14.8. The molecule has 0 aliphatic heterocycles. The average molecular weight is 302 g/mol. The standard InChI is InChI=1S/C13H13F3N2OS/c1-9-18-11(8-20-9)7-17-6-10-2-4-12(5-3-10)19-13(14,15)16/h2-5,8,17H,6-7H2,1H3. The Morgan fingerprint density at radius 1 is 1.20 bits per heavy atom. The lowest BCUT2D eigenvalue weighted by molar-refractivity contribution is -0.274. The number of hydrogen-bond acceptors (Lipinski definition) is 4. The smallest absolute Gasteiger partial charge is 0.406 e. The molecule has 108 valence electrons. The fourth-order valence-electron chi connectivity index (χ4n) is 1.63. The van der Waals surface area contributed by atoms with Gasteiger partial charge in [0, 0.05) is 18.5 Å². The Labute approximate surface area is 118 Å². The summed E-state index contributed by atoms with van der Waals surface area (Å²) in [6, 6.07) is 5.80. The Morgan fingerprint density at radius 3 is 2.45 bits per heavy atom. The number of thiazole rings is 1. The summed E-state index contributed by atoms with van der Waals surface area (Å²) in [6.07, 6.45) is -4.65. The second-order valence-corrected chi connectivity index (χ2v) is 5.22. The van der Waals surface area contributed by atoms with Crippen LogP contribution in [0.2, 0.25) is 0 Å². The maximum atomic E-state index is 12.0. The van der Waals surface area contributed by atoms with Crippen molar-refractivity contribution < 1.29 is 17.9 Å². The fourth-order valence-corrected chi connectivity index (χ4v) is 2.25. The van der Waals surface area contributed by atoms with Gasteiger partial charge in [0.05, 0.1) is 10.7 Å². The highest BCUT2D eigenvalue weighted by Gasteiger charge is 2.30. The molecule has 0 aliphatic rings. The average Bonchev–Trinajstić information content (AvgIpc) is 2.75. The zero-order chi connectivity index (χ0) is 14.6. The number of hydrogen-bond donors (Lipinski definition) is 1. The number of aromatic nitrogens is 1. The molecule has 2 aromatic rings. The van der Waals surface area contributed by atoms with E-state index in [-0.39, 0.29) is 5.75 Å². The molecule has 0 radical (unpaired) electrons. The summed E-state index contributed by atoms with van der Waals surface area (Å²) in [5, 5.41) is 6.16. The van der Waals surface area contributed by atoms with Gasteiger partial charge in [-0.2, -0.15) is 0 Å². The number of nitrogens with zero attached hydrogens (tertiary/aromatic N) is 1. The Morgan fingerprint density at radius 2 is 1.90 bits per heavy atom. The van der Waals surface area contributed by atoms with E-state index in [1.165, 1.54) is 12.1 Å². The van der Waals surface area contributed by atoms with Gasteiger partial charge in [-0.1, -0.05) is 12.1 Å². The number of ether oxygens (including phenoxy) is 1. The second-order valence-electron chi connectivity index (χ2n) is 4.15. The predicted molar refractivity (Wildman–Crippen MR) is 70.5 cm³/mol. The van der Waals surface area contributed by atoms with Crippen molar-refractivity contribution in [1.29, 1.82) is 0 Å². The van der Waals surface area contributed by atoms with Crippen LogP contribution in [0.15, 0.2) is 29.6 Å². The van der Waals surface area contributed by atoms with Crippen LogP contribution in [0.3, 0.4) is 0 Å². The summed E-state index contributed by atoms with van der Waals surface area (Å²) in [7, 11) is 0. The van der Waals surface area contributed by atoms with Gasteiger partial charge in [-0.25, -0.2) is 4.98 Å². The van der Waals surface area contributed by atoms with E-state index in [4.69, 9.17) is 0 Å². The predicted octanol–water partition coefficient (Wildman–Crippen LogP) is 3.64. The minimum absolute atomic E-state index is 0.212. The SMILES string of the molecule is Cc1nc(CNCc2ccc(OC(F)(F)F)cc2)cs1. The Balaban J connectivity index is 1.82. The van der Waals surface area contributed by atoms with Crippen LogP contribution in [0.5, 0.6) is 5.75 Å². The molecule has 0 amide bonds. The van der Waals surface area contributed by atoms with Crippen molar-refractivity contribution in [3.8, 4) is 5.75 Å². The normalized spacial score (nSPS) is 11.6. The van der Waals surface area contributed by atoms with Gasteiger partial charge in [0.25, 0.3) is 0 Å². The van der Waals surface area contributed by atoms with Crippen LogP contribution in [0.25, 0.3) is 0 Å². The molecule has 0 aliphatic carbocycles. The highest BCUT2D eigenvalue weighted by atomic mass is 32.1. The molecule has 7 heteroatoms. The van der Waals surface area contributed by atoms with E-state index >= 15 is 0 Å². The van der Waals surface area contributed by atoms with Gasteiger partial charge in [0.15, 0.2) is 0 Å². The molecule has 1 heterocycles. The van der Waals surface area contributed by atoms with Crippen molar-refractivity contribution in [2.24, 2.45) is 0 Å². The van der Waals surface area contributed by atoms with E-state index in [0.29, 0.717) is 13.1 Å². The Hall–Kier alpha value is -1.60. The molecule has 0 saturated heterocycles. The number of aryl methyl sites for hydroxylation is 1. The monoisotopic (exact) mass is 302 g/mol. The third-order valence-corrected chi connectivity index (χ3v) is 3.28. The zero-order valence-electron chi connectivity index (χ0n) is 10.7. The highest BCUT2D eigenvalue weighted by molar-refractivity contribution is 7.09. The fraction of sp³-hybridized carbons (Fsp3) is 0.308. The van der Waals surface area contributed by atoms with E-state index in [2.05, 4.69) is 15.0 Å². The highest BCUT2D eigenvalue weighted by Crippen LogP contribution is 2.22. The number of rotatable bonds is 5. The van der Waals surface area contributed by atoms with Crippen LogP contribution < -0.4 is 10.1 Å². The molecule has 1 N–H and O–H groups in total. The molecule has 0 atom stereocenters. The Kier molecular flexibility index (Phi) is 4.61. The van der Waals surface area contributed by atoms with Crippen LogP contribution in [0.1, 0.15) is 16.3 Å². The lowest BCUT2D eigenvalue weighted by atomic mass is 10.2. The Bertz CT molecular complexity index is 551. The molecule has 0 fully saturated rings. The van der Waals surface area contributed by atoms with E-state index in [0.717, 1.165) is 16.3 Å². The summed E-state index contributed by atoms with van der Waals surface area (Å²) < 4.78 is 39.8. The molecule has 0 unspecified atom stereocenters. The molecule has 0 bridgehead atoms. The minimum Gasteiger partial charge on any atom is -0.406 e. The largest absolute Gasteiger partial charge is 0.573 e. The molecule has 1 aromatic carbocycles. The molecule has 0 saturated carbocycles. The van der Waals surface area contributed by atoms with Gasteiger partial charge in [-0.05, 0) is 24.6 Å². The van der Waals surface area contributed by atoms with Crippen molar-refractivity contribution >= 4 is 11.3 Å². The van der Waals surface area contributed by atoms with Gasteiger partial charge < -0.3 is 10.1 Å². The molecule has 20 heavy (non-hydrogen) atoms. The van der Waals surface area contributed by atoms with E-state index in [1.807, 2.05) is 12.3 Å². The zero-order valence-corrected chi connectivity index (χ0v) is 11.5. The van der Waals surface area contributed by atoms with Crippen LogP contribution in [0, 0.1) is 6.92 Å². The maximum Gasteiger partial charge on any atom is 0.573 e. The first-order valence-corrected chi connectivity index (χ1v) is 6.77. The van der Waals surface area contributed by atoms with Gasteiger partial charge in [0.1, 0.15) is 5.75 Å². The van der Waals surface area contributed by atoms with E-state index in [1.54, 1.807) is 23.5 Å². The van der Waals surface area contributed by atoms with Crippen LogP contribution in [-0.2, 0) is 13.1 Å². The van der Waals surface area contributed by atoms with E-state index < -0.39 is 6.36 Å². The first-order valence-electron chi connectivity index (χ1n) is 5.89. The summed E-state index contributed by atoms with van der Waals surface area (Å²) in [4.78, 5) is 4.31. The van der Waals surface area contributed by atoms with Crippen molar-refractivity contribution in [2.45, 2.75) is 26.4 Å². The van der Waals surface area contributed by atoms with Crippen molar-refractivity contribution in [3.05, 3.63) is 45.9 Å². The minimum atomic E-state index is -4.65. The quantitative estimate of drug-likeness (QED) is 0.915. The molecular weight excluding hydrogens is 289 g/mol. The summed E-state index contributed by atoms with van der Waals surface area (Å²) in [5.74, 6) is -0.212. The number of alkyl halides is 3. The third-order valence-electron chi connectivity index (χ3n) is 2.46. The lowest BCUT2D eigenvalue weighted by Crippen LogP contribution is -2.17. The molecule has 2 rings (SSSR count). The van der Waals surface area contributed by atoms with Crippen LogP contribution in [0.4, 0.5) is 13.2 Å². The van der Waals surface area contributed by atoms with Gasteiger partial charge in [0.2, 0.25) is 0 Å². The van der Waals surface area contributed by atoms with Crippen molar-refractivity contribution in [1.82, 2.24) is 10.3 Å². The van der Waals surface area contributed by atoms with E-state index in [9.17, 15) is 13.2 Å². The maximum absolute atomic E-state index is 12.0. The number of halogens is 3. The number of benzene rings is 1. The summed E-state index contributed by atoms with van der Waals surface area (Å²) in [6.45, 7) is 3.13. The molecule has 0 spiro atoms. The van der Waals surface area contributed by atoms with Crippen molar-refractivity contribution in [3.63, 3.8) is 0 Å². The molecule has 1 aromatic heterocycles. The second kappa shape index (κ2) is 6.23. The topological polar surface area (TPSA) is 34.2 Å². The summed E-state index contributed by atoms with van der Waals surface area (Å²) in [5.41, 5.74) is 1.84. The first-order chi connectivity index (χ1) is 9.42. The number of nitrogens with one attached hydrogen (secondary N) is 1. The van der Waals surface area contributed by atoms with Crippen molar-refractivity contribution in [2.75, 3.05) is 0 Å². The van der Waals surface area contributed by atoms with Gasteiger partial charge in [-0.15, -0.1) is 24.5 Å². The third kappa shape index (κ3) is 4.82. The lowest BCUT2D eigenvalue weighted by Gasteiger charge is -2.09. The van der Waals surface area contributed by atoms with Crippen LogP contribution in [-0.4, -0.2) is 11.3 Å². The van der Waals surface area contributed by atoms with Gasteiger partial charge >= 0.3 is 6.36 Å². The van der Waals surface area contributed by atoms with Gasteiger partial charge in [-0.3, -0.25) is 0 Å². The molecular formula is C13H13F3N2OS. The molecule has 3 nitrogen and oxygen atoms in total. The summed E-state index contributed by atoms with van der Waals surface area (Å²) >= 11 is 1.58.